The third-order valence-corrected chi connectivity index (χ3v) is 3.17. The number of carbonyl (C=O) groups is 1. The first-order valence-electron chi connectivity index (χ1n) is 5.23. The average molecular weight is 298 g/mol. The van der Waals surface area contributed by atoms with Gasteiger partial charge in [0.15, 0.2) is 0 Å². The maximum absolute atomic E-state index is 11.1. The second-order valence-electron chi connectivity index (χ2n) is 3.71. The predicted octanol–water partition coefficient (Wildman–Crippen LogP) is 4.07. The molecule has 2 aromatic rings. The Morgan fingerprint density at radius 2 is 1.89 bits per heavy atom. The molecule has 0 heterocycles. The number of anilines is 1. The first-order valence-corrected chi connectivity index (χ1v) is 5.99. The highest BCUT2D eigenvalue weighted by Gasteiger charge is 2.14. The highest BCUT2D eigenvalue weighted by atomic mass is 35.5. The molecule has 0 aliphatic heterocycles. The molecule has 0 unspecified atom stereocenters. The molecular formula is C13H9Cl2NO3. The maximum Gasteiger partial charge on any atom is 0.339 e. The molecular weight excluding hydrogens is 289 g/mol. The summed E-state index contributed by atoms with van der Waals surface area (Å²) in [6.07, 6.45) is 0. The van der Waals surface area contributed by atoms with Crippen molar-refractivity contribution >= 4 is 34.9 Å². The van der Waals surface area contributed by atoms with Crippen LogP contribution in [0.3, 0.4) is 0 Å². The predicted molar refractivity (Wildman–Crippen MR) is 74.3 cm³/mol. The minimum Gasteiger partial charge on any atom is -0.478 e. The smallest absolute Gasteiger partial charge is 0.339 e. The van der Waals surface area contributed by atoms with Gasteiger partial charge in [-0.3, -0.25) is 0 Å². The zero-order chi connectivity index (χ0) is 14.0. The normalized spacial score (nSPS) is 10.2. The van der Waals surface area contributed by atoms with Gasteiger partial charge in [-0.15, -0.1) is 0 Å². The largest absolute Gasteiger partial charge is 0.478 e. The first-order chi connectivity index (χ1) is 8.99. The SMILES string of the molecule is Nc1ccc(Oc2cccc(Cl)c2Cl)c(C(=O)O)c1. The zero-order valence-corrected chi connectivity index (χ0v) is 11.1. The van der Waals surface area contributed by atoms with Crippen LogP contribution in [0.1, 0.15) is 10.4 Å². The lowest BCUT2D eigenvalue weighted by Crippen LogP contribution is -2.01. The van der Waals surface area contributed by atoms with Gasteiger partial charge in [-0.25, -0.2) is 4.79 Å². The van der Waals surface area contributed by atoms with Gasteiger partial charge < -0.3 is 15.6 Å². The van der Waals surface area contributed by atoms with E-state index in [2.05, 4.69) is 0 Å². The third kappa shape index (κ3) is 2.92. The van der Waals surface area contributed by atoms with Crippen LogP contribution in [0.15, 0.2) is 36.4 Å². The Kier molecular flexibility index (Phi) is 3.83. The molecule has 0 saturated carbocycles. The van der Waals surface area contributed by atoms with Crippen LogP contribution < -0.4 is 10.5 Å². The number of ether oxygens (including phenoxy) is 1. The average Bonchev–Trinajstić information content (AvgIpc) is 2.36. The molecule has 19 heavy (non-hydrogen) atoms. The van der Waals surface area contributed by atoms with Crippen molar-refractivity contribution in [1.29, 1.82) is 0 Å². The molecule has 0 radical (unpaired) electrons. The van der Waals surface area contributed by atoms with Crippen LogP contribution in [-0.2, 0) is 0 Å². The molecule has 0 atom stereocenters. The fourth-order valence-corrected chi connectivity index (χ4v) is 1.82. The highest BCUT2D eigenvalue weighted by Crippen LogP contribution is 2.36. The van der Waals surface area contributed by atoms with Crippen LogP contribution in [-0.4, -0.2) is 11.1 Å². The number of nitrogens with two attached hydrogens (primary N) is 1. The molecule has 2 aromatic carbocycles. The number of hydrogen-bond donors (Lipinski definition) is 2. The second kappa shape index (κ2) is 5.38. The fraction of sp³-hybridized carbons (Fsp3) is 0. The quantitative estimate of drug-likeness (QED) is 0.838. The highest BCUT2D eigenvalue weighted by molar-refractivity contribution is 6.42. The molecule has 0 aromatic heterocycles. The molecule has 0 saturated heterocycles. The molecule has 6 heteroatoms. The van der Waals surface area contributed by atoms with E-state index in [-0.39, 0.29) is 22.1 Å². The summed E-state index contributed by atoms with van der Waals surface area (Å²) in [5, 5.41) is 9.64. The van der Waals surface area contributed by atoms with Gasteiger partial charge >= 0.3 is 5.97 Å². The van der Waals surface area contributed by atoms with E-state index < -0.39 is 5.97 Å². The van der Waals surface area contributed by atoms with Gasteiger partial charge in [0.2, 0.25) is 0 Å². The van der Waals surface area contributed by atoms with E-state index in [0.29, 0.717) is 10.7 Å². The standard InChI is InChI=1S/C13H9Cl2NO3/c14-9-2-1-3-11(12(9)15)19-10-5-4-7(16)6-8(10)13(17)18/h1-6H,16H2,(H,17,18). The number of carboxylic acids is 1. The first kappa shape index (κ1) is 13.5. The van der Waals surface area contributed by atoms with E-state index in [1.165, 1.54) is 12.1 Å². The molecule has 4 nitrogen and oxygen atoms in total. The molecule has 0 spiro atoms. The molecule has 0 bridgehead atoms. The molecule has 0 aliphatic carbocycles. The Hall–Kier alpha value is -1.91. The summed E-state index contributed by atoms with van der Waals surface area (Å²) in [6.45, 7) is 0. The van der Waals surface area contributed by atoms with Gasteiger partial charge in [0.1, 0.15) is 22.1 Å². The Balaban J connectivity index is 2.44. The Bertz CT molecular complexity index is 644. The number of hydrogen-bond acceptors (Lipinski definition) is 3. The fourth-order valence-electron chi connectivity index (χ4n) is 1.49. The van der Waals surface area contributed by atoms with Gasteiger partial charge in [-0.1, -0.05) is 29.3 Å². The number of nitrogen functional groups attached to an aromatic ring is 1. The lowest BCUT2D eigenvalue weighted by Gasteiger charge is -2.11. The third-order valence-electron chi connectivity index (χ3n) is 2.37. The number of aromatic carboxylic acids is 1. The van der Waals surface area contributed by atoms with Crippen LogP contribution in [0.5, 0.6) is 11.5 Å². The van der Waals surface area contributed by atoms with Crippen molar-refractivity contribution in [3.05, 3.63) is 52.0 Å². The van der Waals surface area contributed by atoms with Crippen LogP contribution >= 0.6 is 23.2 Å². The molecule has 2 rings (SSSR count). The van der Waals surface area contributed by atoms with E-state index >= 15 is 0 Å². The Morgan fingerprint density at radius 3 is 2.58 bits per heavy atom. The van der Waals surface area contributed by atoms with Crippen molar-refractivity contribution in [2.45, 2.75) is 0 Å². The second-order valence-corrected chi connectivity index (χ2v) is 4.50. The van der Waals surface area contributed by atoms with Crippen LogP contribution in [0.2, 0.25) is 10.0 Å². The van der Waals surface area contributed by atoms with Gasteiger partial charge in [0, 0.05) is 5.69 Å². The van der Waals surface area contributed by atoms with Crippen molar-refractivity contribution in [1.82, 2.24) is 0 Å². The van der Waals surface area contributed by atoms with Crippen LogP contribution in [0, 0.1) is 0 Å². The minimum absolute atomic E-state index is 0.0453. The lowest BCUT2D eigenvalue weighted by atomic mass is 10.2. The molecule has 0 fully saturated rings. The summed E-state index contributed by atoms with van der Waals surface area (Å²) < 4.78 is 5.48. The van der Waals surface area contributed by atoms with E-state index in [1.54, 1.807) is 24.3 Å². The summed E-state index contributed by atoms with van der Waals surface area (Å²) in [6, 6.07) is 9.18. The van der Waals surface area contributed by atoms with Crippen molar-refractivity contribution in [2.24, 2.45) is 0 Å². The van der Waals surface area contributed by atoms with E-state index in [4.69, 9.17) is 38.8 Å². The zero-order valence-electron chi connectivity index (χ0n) is 9.56. The maximum atomic E-state index is 11.1. The minimum atomic E-state index is -1.14. The van der Waals surface area contributed by atoms with Crippen LogP contribution in [0.25, 0.3) is 0 Å². The van der Waals surface area contributed by atoms with E-state index in [1.807, 2.05) is 0 Å². The number of benzene rings is 2. The van der Waals surface area contributed by atoms with E-state index in [9.17, 15) is 4.79 Å². The van der Waals surface area contributed by atoms with Crippen molar-refractivity contribution < 1.29 is 14.6 Å². The molecule has 0 aliphatic rings. The van der Waals surface area contributed by atoms with Crippen molar-refractivity contribution in [3.8, 4) is 11.5 Å². The monoisotopic (exact) mass is 297 g/mol. The van der Waals surface area contributed by atoms with Crippen molar-refractivity contribution in [3.63, 3.8) is 0 Å². The molecule has 0 amide bonds. The molecule has 3 N–H and O–H groups in total. The van der Waals surface area contributed by atoms with E-state index in [0.717, 1.165) is 0 Å². The number of halogens is 2. The van der Waals surface area contributed by atoms with Gasteiger partial charge in [0.25, 0.3) is 0 Å². The summed E-state index contributed by atoms with van der Waals surface area (Å²) in [7, 11) is 0. The summed E-state index contributed by atoms with van der Waals surface area (Å²) in [4.78, 5) is 11.1. The lowest BCUT2D eigenvalue weighted by molar-refractivity contribution is 0.0694. The summed E-state index contributed by atoms with van der Waals surface area (Å²) in [5.74, 6) is -0.715. The van der Waals surface area contributed by atoms with Gasteiger partial charge in [-0.2, -0.15) is 0 Å². The summed E-state index contributed by atoms with van der Waals surface area (Å²) >= 11 is 11.8. The van der Waals surface area contributed by atoms with Gasteiger partial charge in [-0.05, 0) is 30.3 Å². The van der Waals surface area contributed by atoms with Crippen LogP contribution in [0.4, 0.5) is 5.69 Å². The Morgan fingerprint density at radius 1 is 1.16 bits per heavy atom. The van der Waals surface area contributed by atoms with Crippen molar-refractivity contribution in [2.75, 3.05) is 5.73 Å². The Labute approximate surface area is 119 Å². The van der Waals surface area contributed by atoms with Gasteiger partial charge in [0.05, 0.1) is 5.02 Å². The summed E-state index contributed by atoms with van der Waals surface area (Å²) in [5.41, 5.74) is 5.84. The number of carboxylic acid groups (broad SMARTS) is 1. The number of rotatable bonds is 3. The topological polar surface area (TPSA) is 72.5 Å². The molecule has 98 valence electrons.